The molecule has 0 bridgehead atoms. The van der Waals surface area contributed by atoms with Crippen LogP contribution in [0.2, 0.25) is 5.02 Å². The van der Waals surface area contributed by atoms with E-state index >= 15 is 0 Å². The zero-order valence-electron chi connectivity index (χ0n) is 11.4. The van der Waals surface area contributed by atoms with Gasteiger partial charge >= 0.3 is 0 Å². The number of aryl methyl sites for hydroxylation is 1. The summed E-state index contributed by atoms with van der Waals surface area (Å²) in [5, 5.41) is 4.07. The van der Waals surface area contributed by atoms with Crippen LogP contribution >= 0.6 is 27.5 Å². The number of nitrogens with one attached hydrogen (secondary N) is 1. The highest BCUT2D eigenvalue weighted by Crippen LogP contribution is 2.25. The molecule has 0 aromatic heterocycles. The number of likely N-dealkylation sites (N-methyl/N-ethyl adjacent to an activating group) is 1. The van der Waals surface area contributed by atoms with Gasteiger partial charge in [0, 0.05) is 11.1 Å². The fourth-order valence-corrected chi connectivity index (χ4v) is 2.72. The van der Waals surface area contributed by atoms with Crippen LogP contribution in [0.3, 0.4) is 0 Å². The Morgan fingerprint density at radius 2 is 2.00 bits per heavy atom. The van der Waals surface area contributed by atoms with Crippen LogP contribution in [0.4, 0.5) is 4.39 Å². The molecule has 2 aromatic carbocycles. The van der Waals surface area contributed by atoms with Gasteiger partial charge in [0.15, 0.2) is 0 Å². The predicted octanol–water partition coefficient (Wildman–Crippen LogP) is 5.05. The van der Waals surface area contributed by atoms with E-state index in [-0.39, 0.29) is 11.9 Å². The van der Waals surface area contributed by atoms with Crippen LogP contribution in [0.1, 0.15) is 22.7 Å². The third-order valence-electron chi connectivity index (χ3n) is 3.36. The van der Waals surface area contributed by atoms with Crippen molar-refractivity contribution in [1.29, 1.82) is 0 Å². The average molecular weight is 357 g/mol. The molecule has 2 aromatic rings. The molecule has 0 amide bonds. The van der Waals surface area contributed by atoms with Crippen LogP contribution in [-0.2, 0) is 6.42 Å². The van der Waals surface area contributed by atoms with Gasteiger partial charge in [0.25, 0.3) is 0 Å². The third-order valence-corrected chi connectivity index (χ3v) is 4.39. The monoisotopic (exact) mass is 355 g/mol. The maximum absolute atomic E-state index is 13.3. The van der Waals surface area contributed by atoms with E-state index in [1.54, 1.807) is 0 Å². The van der Waals surface area contributed by atoms with Crippen molar-refractivity contribution in [2.45, 2.75) is 19.4 Å². The minimum absolute atomic E-state index is 0.170. The molecule has 0 saturated heterocycles. The summed E-state index contributed by atoms with van der Waals surface area (Å²) >= 11 is 9.28. The second-order valence-corrected chi connectivity index (χ2v) is 6.06. The third kappa shape index (κ3) is 3.60. The summed E-state index contributed by atoms with van der Waals surface area (Å²) < 4.78 is 13.8. The van der Waals surface area contributed by atoms with Crippen LogP contribution < -0.4 is 5.32 Å². The van der Waals surface area contributed by atoms with Crippen LogP contribution in [0.25, 0.3) is 0 Å². The van der Waals surface area contributed by atoms with E-state index in [1.807, 2.05) is 38.2 Å². The molecule has 1 unspecified atom stereocenters. The molecule has 0 spiro atoms. The summed E-state index contributed by atoms with van der Waals surface area (Å²) in [4.78, 5) is 0. The molecule has 0 aliphatic heterocycles. The lowest BCUT2D eigenvalue weighted by molar-refractivity contribution is 0.587. The van der Waals surface area contributed by atoms with Gasteiger partial charge in [0.05, 0.1) is 4.47 Å². The number of hydrogen-bond acceptors (Lipinski definition) is 1. The lowest BCUT2D eigenvalue weighted by atomic mass is 9.98. The summed E-state index contributed by atoms with van der Waals surface area (Å²) in [5.74, 6) is -0.239. The number of halogens is 3. The van der Waals surface area contributed by atoms with Crippen LogP contribution in [0, 0.1) is 12.7 Å². The minimum atomic E-state index is -0.239. The first-order valence-electron chi connectivity index (χ1n) is 6.38. The molecule has 0 aliphatic rings. The van der Waals surface area contributed by atoms with Gasteiger partial charge in [0.2, 0.25) is 0 Å². The summed E-state index contributed by atoms with van der Waals surface area (Å²) in [7, 11) is 1.92. The maximum Gasteiger partial charge on any atom is 0.137 e. The van der Waals surface area contributed by atoms with Gasteiger partial charge in [-0.25, -0.2) is 4.39 Å². The minimum Gasteiger partial charge on any atom is -0.313 e. The van der Waals surface area contributed by atoms with Gasteiger partial charge in [-0.05, 0) is 71.2 Å². The molecule has 0 heterocycles. The lowest BCUT2D eigenvalue weighted by Gasteiger charge is -2.18. The van der Waals surface area contributed by atoms with Crippen molar-refractivity contribution in [3.8, 4) is 0 Å². The van der Waals surface area contributed by atoms with Gasteiger partial charge in [-0.3, -0.25) is 0 Å². The Bertz CT molecular complexity index is 615. The topological polar surface area (TPSA) is 12.0 Å². The molecule has 20 heavy (non-hydrogen) atoms. The Morgan fingerprint density at radius 1 is 1.25 bits per heavy atom. The number of benzene rings is 2. The molecule has 0 saturated carbocycles. The molecule has 1 nitrogen and oxygen atoms in total. The maximum atomic E-state index is 13.3. The Hall–Kier alpha value is -0.900. The SMILES string of the molecule is CNC(Cc1ccc(F)c(Br)c1)c1ccc(Cl)c(C)c1. The molecule has 0 radical (unpaired) electrons. The van der Waals surface area contributed by atoms with E-state index < -0.39 is 0 Å². The zero-order chi connectivity index (χ0) is 14.7. The Balaban J connectivity index is 2.23. The highest BCUT2D eigenvalue weighted by atomic mass is 79.9. The number of hydrogen-bond donors (Lipinski definition) is 1. The van der Waals surface area contributed by atoms with Crippen molar-refractivity contribution in [3.05, 3.63) is 68.4 Å². The molecule has 1 N–H and O–H groups in total. The Morgan fingerprint density at radius 3 is 2.60 bits per heavy atom. The second kappa shape index (κ2) is 6.70. The van der Waals surface area contributed by atoms with Crippen molar-refractivity contribution in [2.75, 3.05) is 7.05 Å². The molecule has 4 heteroatoms. The molecular formula is C16H16BrClFN. The van der Waals surface area contributed by atoms with E-state index in [1.165, 1.54) is 11.6 Å². The van der Waals surface area contributed by atoms with E-state index in [4.69, 9.17) is 11.6 Å². The molecule has 2 rings (SSSR count). The second-order valence-electron chi connectivity index (χ2n) is 4.80. The van der Waals surface area contributed by atoms with E-state index in [9.17, 15) is 4.39 Å². The predicted molar refractivity (Wildman–Crippen MR) is 85.8 cm³/mol. The fraction of sp³-hybridized carbons (Fsp3) is 0.250. The standard InChI is InChI=1S/C16H16BrClFN/c1-10-7-12(4-5-14(10)18)16(20-2)9-11-3-6-15(19)13(17)8-11/h3-8,16,20H,9H2,1-2H3. The quantitative estimate of drug-likeness (QED) is 0.808. The fourth-order valence-electron chi connectivity index (χ4n) is 2.17. The summed E-state index contributed by atoms with van der Waals surface area (Å²) in [5.41, 5.74) is 3.31. The molecule has 0 aliphatic carbocycles. The Kier molecular flexibility index (Phi) is 5.19. The van der Waals surface area contributed by atoms with Gasteiger partial charge in [-0.2, -0.15) is 0 Å². The highest BCUT2D eigenvalue weighted by molar-refractivity contribution is 9.10. The zero-order valence-corrected chi connectivity index (χ0v) is 13.7. The van der Waals surface area contributed by atoms with Crippen LogP contribution in [-0.4, -0.2) is 7.05 Å². The molecular weight excluding hydrogens is 341 g/mol. The summed E-state index contributed by atoms with van der Waals surface area (Å²) in [6, 6.07) is 11.3. The molecule has 1 atom stereocenters. The van der Waals surface area contributed by atoms with Crippen molar-refractivity contribution < 1.29 is 4.39 Å². The normalized spacial score (nSPS) is 12.4. The van der Waals surface area contributed by atoms with Crippen molar-refractivity contribution >= 4 is 27.5 Å². The molecule has 106 valence electrons. The van der Waals surface area contributed by atoms with Crippen molar-refractivity contribution in [2.24, 2.45) is 0 Å². The van der Waals surface area contributed by atoms with Crippen LogP contribution in [0.15, 0.2) is 40.9 Å². The van der Waals surface area contributed by atoms with Gasteiger partial charge in [-0.1, -0.05) is 29.8 Å². The first kappa shape index (κ1) is 15.5. The Labute approximate surface area is 132 Å². The number of rotatable bonds is 4. The summed E-state index contributed by atoms with van der Waals surface area (Å²) in [6.45, 7) is 1.99. The molecule has 0 fully saturated rings. The first-order chi connectivity index (χ1) is 9.51. The first-order valence-corrected chi connectivity index (χ1v) is 7.55. The van der Waals surface area contributed by atoms with E-state index in [2.05, 4.69) is 27.3 Å². The lowest BCUT2D eigenvalue weighted by Crippen LogP contribution is -2.19. The van der Waals surface area contributed by atoms with Crippen molar-refractivity contribution in [1.82, 2.24) is 5.32 Å². The van der Waals surface area contributed by atoms with Gasteiger partial charge in [0.1, 0.15) is 5.82 Å². The summed E-state index contributed by atoms with van der Waals surface area (Å²) in [6.07, 6.45) is 0.788. The smallest absolute Gasteiger partial charge is 0.137 e. The average Bonchev–Trinajstić information content (AvgIpc) is 2.43. The highest BCUT2D eigenvalue weighted by Gasteiger charge is 2.12. The van der Waals surface area contributed by atoms with Gasteiger partial charge < -0.3 is 5.32 Å². The largest absolute Gasteiger partial charge is 0.313 e. The van der Waals surface area contributed by atoms with E-state index in [0.717, 1.165) is 22.6 Å². The van der Waals surface area contributed by atoms with Crippen LogP contribution in [0.5, 0.6) is 0 Å². The van der Waals surface area contributed by atoms with Gasteiger partial charge in [-0.15, -0.1) is 0 Å². The van der Waals surface area contributed by atoms with E-state index in [0.29, 0.717) is 4.47 Å². The van der Waals surface area contributed by atoms with Crippen molar-refractivity contribution in [3.63, 3.8) is 0 Å².